The molecule has 0 spiro atoms. The zero-order valence-electron chi connectivity index (χ0n) is 11.8. The van der Waals surface area contributed by atoms with E-state index in [9.17, 15) is 14.4 Å². The van der Waals surface area contributed by atoms with E-state index in [2.05, 4.69) is 0 Å². The van der Waals surface area contributed by atoms with Gasteiger partial charge in [-0.15, -0.1) is 0 Å². The fourth-order valence-electron chi connectivity index (χ4n) is 2.60. The summed E-state index contributed by atoms with van der Waals surface area (Å²) >= 11 is 0. The monoisotopic (exact) mass is 268 g/mol. The zero-order chi connectivity index (χ0) is 14.4. The first-order valence-corrected chi connectivity index (χ1v) is 6.50. The van der Waals surface area contributed by atoms with Gasteiger partial charge in [0.15, 0.2) is 0 Å². The van der Waals surface area contributed by atoms with Gasteiger partial charge >= 0.3 is 6.09 Å². The Morgan fingerprint density at radius 2 is 1.79 bits per heavy atom. The number of amides is 3. The van der Waals surface area contributed by atoms with Crippen LogP contribution in [-0.4, -0.2) is 53.4 Å². The SMILES string of the molecule is CN1C(=O)C2CCN(C(=O)OC(C)(C)C)CC2C1=O. The summed E-state index contributed by atoms with van der Waals surface area (Å²) in [5.41, 5.74) is -0.555. The van der Waals surface area contributed by atoms with Gasteiger partial charge in [-0.05, 0) is 27.2 Å². The number of hydrogen-bond donors (Lipinski definition) is 0. The van der Waals surface area contributed by atoms with Crippen LogP contribution in [0.25, 0.3) is 0 Å². The highest BCUT2D eigenvalue weighted by molar-refractivity contribution is 6.05. The van der Waals surface area contributed by atoms with Crippen molar-refractivity contribution in [2.45, 2.75) is 32.8 Å². The van der Waals surface area contributed by atoms with Crippen LogP contribution in [0.4, 0.5) is 4.79 Å². The fourth-order valence-corrected chi connectivity index (χ4v) is 2.60. The molecule has 106 valence electrons. The van der Waals surface area contributed by atoms with Gasteiger partial charge < -0.3 is 9.64 Å². The maximum Gasteiger partial charge on any atom is 0.410 e. The number of imide groups is 1. The van der Waals surface area contributed by atoms with E-state index >= 15 is 0 Å². The van der Waals surface area contributed by atoms with Gasteiger partial charge in [0.2, 0.25) is 11.8 Å². The third-order valence-electron chi connectivity index (χ3n) is 3.56. The van der Waals surface area contributed by atoms with Gasteiger partial charge in [-0.25, -0.2) is 4.79 Å². The largest absolute Gasteiger partial charge is 0.444 e. The van der Waals surface area contributed by atoms with Crippen molar-refractivity contribution in [3.8, 4) is 0 Å². The standard InChI is InChI=1S/C13H20N2O4/c1-13(2,3)19-12(18)15-6-5-8-9(7-15)11(17)14(4)10(8)16/h8-9H,5-7H2,1-4H3. The summed E-state index contributed by atoms with van der Waals surface area (Å²) in [6.45, 7) is 6.14. The Kier molecular flexibility index (Phi) is 3.28. The van der Waals surface area contributed by atoms with Crippen LogP contribution in [0.5, 0.6) is 0 Å². The minimum absolute atomic E-state index is 0.126. The van der Waals surface area contributed by atoms with Crippen LogP contribution in [0.2, 0.25) is 0 Å². The van der Waals surface area contributed by atoms with Gasteiger partial charge in [0.05, 0.1) is 11.8 Å². The molecule has 3 amide bonds. The summed E-state index contributed by atoms with van der Waals surface area (Å²) in [6, 6.07) is 0. The van der Waals surface area contributed by atoms with E-state index in [4.69, 9.17) is 4.74 Å². The number of ether oxygens (including phenoxy) is 1. The average molecular weight is 268 g/mol. The van der Waals surface area contributed by atoms with Crippen molar-refractivity contribution in [3.63, 3.8) is 0 Å². The number of likely N-dealkylation sites (tertiary alicyclic amines) is 2. The Hall–Kier alpha value is -1.59. The van der Waals surface area contributed by atoms with E-state index in [-0.39, 0.29) is 24.3 Å². The van der Waals surface area contributed by atoms with Gasteiger partial charge in [-0.3, -0.25) is 14.5 Å². The predicted octanol–water partition coefficient (Wildman–Crippen LogP) is 0.858. The van der Waals surface area contributed by atoms with E-state index in [0.29, 0.717) is 13.0 Å². The van der Waals surface area contributed by atoms with Gasteiger partial charge in [0.1, 0.15) is 5.60 Å². The molecule has 0 aromatic rings. The lowest BCUT2D eigenvalue weighted by Gasteiger charge is -2.33. The van der Waals surface area contributed by atoms with Crippen molar-refractivity contribution < 1.29 is 19.1 Å². The molecular formula is C13H20N2O4. The molecule has 0 aromatic carbocycles. The first kappa shape index (κ1) is 13.8. The second-order valence-electron chi connectivity index (χ2n) is 6.16. The van der Waals surface area contributed by atoms with E-state index in [1.165, 1.54) is 16.8 Å². The predicted molar refractivity (Wildman–Crippen MR) is 67.2 cm³/mol. The van der Waals surface area contributed by atoms with E-state index in [1.807, 2.05) is 0 Å². The molecule has 6 nitrogen and oxygen atoms in total. The maximum absolute atomic E-state index is 12.0. The molecule has 19 heavy (non-hydrogen) atoms. The number of fused-ring (bicyclic) bond motifs is 1. The van der Waals surface area contributed by atoms with Crippen LogP contribution in [0.15, 0.2) is 0 Å². The first-order valence-electron chi connectivity index (χ1n) is 6.50. The van der Waals surface area contributed by atoms with Gasteiger partial charge in [-0.1, -0.05) is 0 Å². The molecule has 2 atom stereocenters. The van der Waals surface area contributed by atoms with Crippen LogP contribution >= 0.6 is 0 Å². The topological polar surface area (TPSA) is 66.9 Å². The normalized spacial score (nSPS) is 27.6. The average Bonchev–Trinajstić information content (AvgIpc) is 2.52. The molecule has 0 saturated carbocycles. The van der Waals surface area contributed by atoms with Crippen LogP contribution in [0.3, 0.4) is 0 Å². The highest BCUT2D eigenvalue weighted by Gasteiger charge is 2.49. The third-order valence-corrected chi connectivity index (χ3v) is 3.56. The number of nitrogens with zero attached hydrogens (tertiary/aromatic N) is 2. The van der Waals surface area contributed by atoms with Crippen molar-refractivity contribution in [1.29, 1.82) is 0 Å². The molecule has 2 aliphatic heterocycles. The molecule has 2 fully saturated rings. The second kappa shape index (κ2) is 4.51. The van der Waals surface area contributed by atoms with Crippen molar-refractivity contribution in [2.75, 3.05) is 20.1 Å². The van der Waals surface area contributed by atoms with Crippen LogP contribution < -0.4 is 0 Å². The van der Waals surface area contributed by atoms with E-state index in [1.54, 1.807) is 20.8 Å². The Balaban J connectivity index is 2.05. The Morgan fingerprint density at radius 3 is 2.37 bits per heavy atom. The Bertz CT molecular complexity index is 427. The highest BCUT2D eigenvalue weighted by Crippen LogP contribution is 2.33. The molecule has 6 heteroatoms. The Labute approximate surface area is 112 Å². The molecule has 2 saturated heterocycles. The first-order chi connectivity index (χ1) is 8.70. The Morgan fingerprint density at radius 1 is 1.21 bits per heavy atom. The molecular weight excluding hydrogens is 248 g/mol. The van der Waals surface area contributed by atoms with Gasteiger partial charge in [0, 0.05) is 20.1 Å². The molecule has 2 rings (SSSR count). The van der Waals surface area contributed by atoms with Crippen LogP contribution in [0, 0.1) is 11.8 Å². The maximum atomic E-state index is 12.0. The highest BCUT2D eigenvalue weighted by atomic mass is 16.6. The molecule has 0 radical (unpaired) electrons. The van der Waals surface area contributed by atoms with Crippen molar-refractivity contribution in [3.05, 3.63) is 0 Å². The smallest absolute Gasteiger partial charge is 0.410 e. The lowest BCUT2D eigenvalue weighted by molar-refractivity contribution is -0.138. The summed E-state index contributed by atoms with van der Waals surface area (Å²) in [6.07, 6.45) is 0.111. The fraction of sp³-hybridized carbons (Fsp3) is 0.769. The quantitative estimate of drug-likeness (QED) is 0.611. The van der Waals surface area contributed by atoms with Crippen molar-refractivity contribution >= 4 is 17.9 Å². The number of carbonyl (C=O) groups is 3. The summed E-state index contributed by atoms with van der Waals surface area (Å²) in [5.74, 6) is -0.989. The zero-order valence-corrected chi connectivity index (χ0v) is 11.8. The summed E-state index contributed by atoms with van der Waals surface area (Å²) in [5, 5.41) is 0. The molecule has 0 aromatic heterocycles. The van der Waals surface area contributed by atoms with Crippen LogP contribution in [0.1, 0.15) is 27.2 Å². The number of rotatable bonds is 0. The molecule has 2 aliphatic rings. The van der Waals surface area contributed by atoms with Crippen LogP contribution in [-0.2, 0) is 14.3 Å². The molecule has 0 aliphatic carbocycles. The molecule has 0 N–H and O–H groups in total. The third kappa shape index (κ3) is 2.57. The van der Waals surface area contributed by atoms with Gasteiger partial charge in [0.25, 0.3) is 0 Å². The number of piperidine rings is 1. The lowest BCUT2D eigenvalue weighted by atomic mass is 9.88. The molecule has 0 bridgehead atoms. The van der Waals surface area contributed by atoms with Gasteiger partial charge in [-0.2, -0.15) is 0 Å². The minimum atomic E-state index is -0.555. The number of hydrogen-bond acceptors (Lipinski definition) is 4. The molecule has 2 unspecified atom stereocenters. The van der Waals surface area contributed by atoms with Crippen molar-refractivity contribution in [2.24, 2.45) is 11.8 Å². The summed E-state index contributed by atoms with van der Waals surface area (Å²) in [4.78, 5) is 38.4. The second-order valence-corrected chi connectivity index (χ2v) is 6.16. The lowest BCUT2D eigenvalue weighted by Crippen LogP contribution is -2.46. The van der Waals surface area contributed by atoms with E-state index < -0.39 is 17.6 Å². The van der Waals surface area contributed by atoms with Crippen molar-refractivity contribution in [1.82, 2.24) is 9.80 Å². The molecule has 2 heterocycles. The number of carbonyl (C=O) groups excluding carboxylic acids is 3. The summed E-state index contributed by atoms with van der Waals surface area (Å²) in [7, 11) is 1.50. The summed E-state index contributed by atoms with van der Waals surface area (Å²) < 4.78 is 5.29. The minimum Gasteiger partial charge on any atom is -0.444 e. The van der Waals surface area contributed by atoms with E-state index in [0.717, 1.165) is 0 Å².